The number of pyridine rings is 1. The fourth-order valence-electron chi connectivity index (χ4n) is 2.99. The van der Waals surface area contributed by atoms with Crippen molar-refractivity contribution < 1.29 is 4.39 Å². The van der Waals surface area contributed by atoms with E-state index >= 15 is 0 Å². The maximum absolute atomic E-state index is 14.1. The van der Waals surface area contributed by atoms with E-state index in [9.17, 15) is 4.39 Å². The molecule has 2 N–H and O–H groups in total. The van der Waals surface area contributed by atoms with E-state index in [0.29, 0.717) is 41.0 Å². The number of nitrogens with zero attached hydrogens (tertiary/aromatic N) is 5. The third-order valence-corrected chi connectivity index (χ3v) is 4.49. The Morgan fingerprint density at radius 1 is 0.900 bits per heavy atom. The van der Waals surface area contributed by atoms with Gasteiger partial charge < -0.3 is 10.6 Å². The molecular weight excluding hydrogens is 381 g/mol. The summed E-state index contributed by atoms with van der Waals surface area (Å²) >= 11 is 0. The number of hydrogen-bond acceptors (Lipinski definition) is 7. The van der Waals surface area contributed by atoms with Gasteiger partial charge in [0.25, 0.3) is 0 Å². The van der Waals surface area contributed by atoms with Gasteiger partial charge in [-0.15, -0.1) is 0 Å². The van der Waals surface area contributed by atoms with E-state index in [-0.39, 0.29) is 5.82 Å². The van der Waals surface area contributed by atoms with Crippen molar-refractivity contribution in [3.8, 4) is 22.6 Å². The van der Waals surface area contributed by atoms with E-state index in [1.165, 1.54) is 6.07 Å². The minimum atomic E-state index is -0.368. The summed E-state index contributed by atoms with van der Waals surface area (Å²) in [5, 5.41) is 6.30. The molecule has 0 aliphatic rings. The van der Waals surface area contributed by atoms with Gasteiger partial charge in [0, 0.05) is 38.4 Å². The molecule has 4 rings (SSSR count). The van der Waals surface area contributed by atoms with E-state index in [0.717, 1.165) is 12.0 Å². The maximum Gasteiger partial charge on any atom is 0.224 e. The molecule has 4 aromatic rings. The van der Waals surface area contributed by atoms with Gasteiger partial charge >= 0.3 is 0 Å². The van der Waals surface area contributed by atoms with Crippen LogP contribution >= 0.6 is 0 Å². The summed E-state index contributed by atoms with van der Waals surface area (Å²) in [6.07, 6.45) is 7.70. The van der Waals surface area contributed by atoms with Crippen molar-refractivity contribution in [3.63, 3.8) is 0 Å². The summed E-state index contributed by atoms with van der Waals surface area (Å²) in [7, 11) is 1.78. The first-order valence-corrected chi connectivity index (χ1v) is 9.50. The number of aromatic nitrogens is 5. The average Bonchev–Trinajstić information content (AvgIpc) is 2.80. The second kappa shape index (κ2) is 9.04. The first-order chi connectivity index (χ1) is 14.7. The van der Waals surface area contributed by atoms with Crippen LogP contribution in [-0.4, -0.2) is 38.5 Å². The van der Waals surface area contributed by atoms with E-state index in [2.05, 4.69) is 35.6 Å². The summed E-state index contributed by atoms with van der Waals surface area (Å²) < 4.78 is 14.1. The predicted octanol–water partition coefficient (Wildman–Crippen LogP) is 3.83. The lowest BCUT2D eigenvalue weighted by Gasteiger charge is -2.11. The largest absolute Gasteiger partial charge is 0.372 e. The molecule has 0 atom stereocenters. The van der Waals surface area contributed by atoms with Crippen molar-refractivity contribution in [2.75, 3.05) is 24.2 Å². The quantitative estimate of drug-likeness (QED) is 0.486. The van der Waals surface area contributed by atoms with Crippen molar-refractivity contribution in [1.29, 1.82) is 0 Å². The van der Waals surface area contributed by atoms with Gasteiger partial charge in [0.2, 0.25) is 5.95 Å². The number of anilines is 2. The second-order valence-electron chi connectivity index (χ2n) is 6.49. The lowest BCUT2D eigenvalue weighted by molar-refractivity contribution is 0.630. The minimum Gasteiger partial charge on any atom is -0.372 e. The van der Waals surface area contributed by atoms with Crippen molar-refractivity contribution in [1.82, 2.24) is 24.9 Å². The highest BCUT2D eigenvalue weighted by Crippen LogP contribution is 2.27. The molecule has 0 spiro atoms. The topological polar surface area (TPSA) is 88.5 Å². The third kappa shape index (κ3) is 4.38. The average molecular weight is 401 g/mol. The Bertz CT molecular complexity index is 1140. The van der Waals surface area contributed by atoms with Crippen LogP contribution in [0, 0.1) is 5.82 Å². The number of hydrogen-bond donors (Lipinski definition) is 2. The van der Waals surface area contributed by atoms with Crippen molar-refractivity contribution in [2.24, 2.45) is 0 Å². The van der Waals surface area contributed by atoms with Crippen LogP contribution in [-0.2, 0) is 6.42 Å². The third-order valence-electron chi connectivity index (χ3n) is 4.49. The SMILES string of the molecule is CNc1nc(NCCc2cccnc2)ncc1-c1ccnc(-c2ccccc2F)n1. The highest BCUT2D eigenvalue weighted by Gasteiger charge is 2.13. The monoisotopic (exact) mass is 401 g/mol. The highest BCUT2D eigenvalue weighted by atomic mass is 19.1. The molecule has 0 fully saturated rings. The lowest BCUT2D eigenvalue weighted by Crippen LogP contribution is -2.10. The van der Waals surface area contributed by atoms with Gasteiger partial charge in [-0.2, -0.15) is 4.98 Å². The molecule has 0 saturated heterocycles. The normalized spacial score (nSPS) is 10.6. The van der Waals surface area contributed by atoms with Gasteiger partial charge in [0.05, 0.1) is 16.8 Å². The number of nitrogens with one attached hydrogen (secondary N) is 2. The molecule has 0 amide bonds. The molecule has 0 saturated carbocycles. The highest BCUT2D eigenvalue weighted by molar-refractivity contribution is 5.73. The van der Waals surface area contributed by atoms with Crippen LogP contribution in [0.1, 0.15) is 5.56 Å². The van der Waals surface area contributed by atoms with Gasteiger partial charge in [-0.1, -0.05) is 18.2 Å². The first kappa shape index (κ1) is 19.4. The molecule has 150 valence electrons. The van der Waals surface area contributed by atoms with E-state index in [1.54, 1.807) is 49.9 Å². The predicted molar refractivity (Wildman–Crippen MR) is 114 cm³/mol. The van der Waals surface area contributed by atoms with Gasteiger partial charge in [0.15, 0.2) is 5.82 Å². The molecule has 0 unspecified atom stereocenters. The molecule has 30 heavy (non-hydrogen) atoms. The van der Waals surface area contributed by atoms with E-state index < -0.39 is 0 Å². The summed E-state index contributed by atoms with van der Waals surface area (Å²) in [6.45, 7) is 0.680. The van der Waals surface area contributed by atoms with Crippen LogP contribution < -0.4 is 10.6 Å². The van der Waals surface area contributed by atoms with E-state index in [4.69, 9.17) is 0 Å². The molecule has 0 aliphatic carbocycles. The fraction of sp³-hybridized carbons (Fsp3) is 0.136. The molecule has 8 heteroatoms. The van der Waals surface area contributed by atoms with Crippen LogP contribution in [0.2, 0.25) is 0 Å². The second-order valence-corrected chi connectivity index (χ2v) is 6.49. The molecule has 7 nitrogen and oxygen atoms in total. The summed E-state index contributed by atoms with van der Waals surface area (Å²) in [5.41, 5.74) is 2.79. The number of rotatable bonds is 7. The number of halogens is 1. The van der Waals surface area contributed by atoms with Crippen molar-refractivity contribution in [3.05, 3.63) is 78.6 Å². The standard InChI is InChI=1S/C22H20FN7/c1-24-20-17(14-28-22(30-20)27-11-8-15-5-4-10-25-13-15)19-9-12-26-21(29-19)16-6-2-3-7-18(16)23/h2-7,9-10,12-14H,8,11H2,1H3,(H2,24,27,28,30). The molecule has 3 heterocycles. The first-order valence-electron chi connectivity index (χ1n) is 9.50. The summed E-state index contributed by atoms with van der Waals surface area (Å²) in [4.78, 5) is 21.8. The summed E-state index contributed by atoms with van der Waals surface area (Å²) in [5.74, 6) is 1.07. The van der Waals surface area contributed by atoms with Crippen LogP contribution in [0.5, 0.6) is 0 Å². The van der Waals surface area contributed by atoms with Gasteiger partial charge in [0.1, 0.15) is 11.6 Å². The zero-order chi connectivity index (χ0) is 20.8. The molecule has 0 bridgehead atoms. The van der Waals surface area contributed by atoms with Gasteiger partial charge in [-0.05, 0) is 36.2 Å². The fourth-order valence-corrected chi connectivity index (χ4v) is 2.99. The molecule has 0 aliphatic heterocycles. The Labute approximate surface area is 173 Å². The molecule has 1 aromatic carbocycles. The minimum absolute atomic E-state index is 0.311. The Balaban J connectivity index is 1.55. The van der Waals surface area contributed by atoms with Gasteiger partial charge in [-0.3, -0.25) is 4.98 Å². The Hall–Kier alpha value is -3.94. The summed E-state index contributed by atoms with van der Waals surface area (Å²) in [6, 6.07) is 12.1. The van der Waals surface area contributed by atoms with Crippen molar-refractivity contribution in [2.45, 2.75) is 6.42 Å². The zero-order valence-electron chi connectivity index (χ0n) is 16.4. The zero-order valence-corrected chi connectivity index (χ0v) is 16.4. The Kier molecular flexibility index (Phi) is 5.84. The smallest absolute Gasteiger partial charge is 0.224 e. The van der Waals surface area contributed by atoms with Crippen molar-refractivity contribution >= 4 is 11.8 Å². The lowest BCUT2D eigenvalue weighted by atomic mass is 10.1. The van der Waals surface area contributed by atoms with Crippen LogP contribution in [0.3, 0.4) is 0 Å². The Morgan fingerprint density at radius 3 is 2.60 bits per heavy atom. The van der Waals surface area contributed by atoms with Gasteiger partial charge in [-0.25, -0.2) is 19.3 Å². The molecule has 0 radical (unpaired) electrons. The van der Waals surface area contributed by atoms with Crippen LogP contribution in [0.15, 0.2) is 67.3 Å². The van der Waals surface area contributed by atoms with Crippen LogP contribution in [0.25, 0.3) is 22.6 Å². The molecule has 3 aromatic heterocycles. The van der Waals surface area contributed by atoms with Crippen LogP contribution in [0.4, 0.5) is 16.2 Å². The molecular formula is C22H20FN7. The maximum atomic E-state index is 14.1. The number of benzene rings is 1. The Morgan fingerprint density at radius 2 is 1.80 bits per heavy atom. The van der Waals surface area contributed by atoms with E-state index in [1.807, 2.05) is 18.3 Å².